The zero-order valence-corrected chi connectivity index (χ0v) is 20.4. The van der Waals surface area contributed by atoms with Crippen LogP contribution in [0.3, 0.4) is 0 Å². The van der Waals surface area contributed by atoms with E-state index in [1.54, 1.807) is 48.5 Å². The zero-order valence-electron chi connectivity index (χ0n) is 17.5. The van der Waals surface area contributed by atoms with Crippen molar-refractivity contribution in [1.82, 2.24) is 0 Å². The lowest BCUT2D eigenvalue weighted by Gasteiger charge is -2.15. The summed E-state index contributed by atoms with van der Waals surface area (Å²) in [6.07, 6.45) is 0.849. The fourth-order valence-corrected chi connectivity index (χ4v) is 3.80. The molecule has 0 saturated heterocycles. The van der Waals surface area contributed by atoms with Crippen LogP contribution in [0, 0.1) is 3.57 Å². The molecule has 33 heavy (non-hydrogen) atoms. The number of nitrogens with one attached hydrogen (secondary N) is 1. The minimum Gasteiger partial charge on any atom is -0.423 e. The summed E-state index contributed by atoms with van der Waals surface area (Å²) in [6, 6.07) is 20.6. The van der Waals surface area contributed by atoms with Crippen LogP contribution in [0.25, 0.3) is 0 Å². The van der Waals surface area contributed by atoms with Gasteiger partial charge < -0.3 is 10.1 Å². The quantitative estimate of drug-likeness (QED) is 0.183. The largest absolute Gasteiger partial charge is 0.423 e. The maximum absolute atomic E-state index is 12.9. The second kappa shape index (κ2) is 9.76. The van der Waals surface area contributed by atoms with Crippen LogP contribution in [-0.2, 0) is 16.0 Å². The number of imide groups is 1. The maximum Gasteiger partial charge on any atom is 0.343 e. The van der Waals surface area contributed by atoms with Crippen molar-refractivity contribution in [3.05, 3.63) is 98.2 Å². The molecule has 0 aliphatic carbocycles. The van der Waals surface area contributed by atoms with Gasteiger partial charge in [0, 0.05) is 9.26 Å². The summed E-state index contributed by atoms with van der Waals surface area (Å²) in [4.78, 5) is 38.9. The first-order valence-corrected chi connectivity index (χ1v) is 11.6. The summed E-state index contributed by atoms with van der Waals surface area (Å²) in [5.41, 5.74) is 2.36. The van der Waals surface area contributed by atoms with Gasteiger partial charge in [-0.1, -0.05) is 30.7 Å². The topological polar surface area (TPSA) is 75.7 Å². The molecule has 0 aromatic heterocycles. The number of ether oxygens (including phenoxy) is 1. The van der Waals surface area contributed by atoms with Crippen molar-refractivity contribution < 1.29 is 19.1 Å². The van der Waals surface area contributed by atoms with E-state index in [4.69, 9.17) is 16.3 Å². The van der Waals surface area contributed by atoms with Gasteiger partial charge in [0.15, 0.2) is 0 Å². The highest BCUT2D eigenvalue weighted by atomic mass is 127. The number of anilines is 2. The average molecular weight is 573 g/mol. The Balaban J connectivity index is 1.46. The number of halogens is 2. The van der Waals surface area contributed by atoms with Crippen molar-refractivity contribution in [2.75, 3.05) is 10.2 Å². The Morgan fingerprint density at radius 2 is 1.58 bits per heavy atom. The van der Waals surface area contributed by atoms with Crippen LogP contribution in [0.1, 0.15) is 22.8 Å². The molecule has 0 fully saturated rings. The number of rotatable bonds is 6. The smallest absolute Gasteiger partial charge is 0.343 e. The second-order valence-corrected chi connectivity index (χ2v) is 8.82. The predicted octanol–water partition coefficient (Wildman–Crippen LogP) is 5.51. The normalized spacial score (nSPS) is 13.5. The molecule has 0 unspecified atom stereocenters. The number of hydrogen-bond donors (Lipinski definition) is 1. The summed E-state index contributed by atoms with van der Waals surface area (Å²) in [6.45, 7) is 2.02. The van der Waals surface area contributed by atoms with E-state index >= 15 is 0 Å². The van der Waals surface area contributed by atoms with E-state index in [9.17, 15) is 14.4 Å². The molecule has 0 atom stereocenters. The molecule has 1 aliphatic heterocycles. The van der Waals surface area contributed by atoms with E-state index in [0.29, 0.717) is 22.7 Å². The van der Waals surface area contributed by atoms with Gasteiger partial charge in [0.05, 0.1) is 11.3 Å². The molecule has 0 radical (unpaired) electrons. The number of carbonyl (C=O) groups is 3. The molecule has 0 bridgehead atoms. The molecular weight excluding hydrogens is 555 g/mol. The molecule has 1 heterocycles. The van der Waals surface area contributed by atoms with E-state index in [-0.39, 0.29) is 10.7 Å². The van der Waals surface area contributed by atoms with Gasteiger partial charge >= 0.3 is 5.97 Å². The van der Waals surface area contributed by atoms with Gasteiger partial charge in [-0.05, 0) is 95.2 Å². The van der Waals surface area contributed by atoms with Crippen molar-refractivity contribution in [3.63, 3.8) is 0 Å². The Morgan fingerprint density at radius 3 is 2.18 bits per heavy atom. The SMILES string of the molecule is CCc1ccc(N2C(=O)C(Cl)=C(Nc3ccc(C(=O)Oc4ccc(I)cc4)cc3)C2=O)cc1. The Hall–Kier alpha value is -3.17. The van der Waals surface area contributed by atoms with Gasteiger partial charge in [-0.25, -0.2) is 9.69 Å². The Kier molecular flexibility index (Phi) is 6.80. The first-order valence-electron chi connectivity index (χ1n) is 10.1. The monoisotopic (exact) mass is 572 g/mol. The van der Waals surface area contributed by atoms with E-state index in [0.717, 1.165) is 20.5 Å². The Morgan fingerprint density at radius 1 is 0.939 bits per heavy atom. The van der Waals surface area contributed by atoms with Crippen LogP contribution >= 0.6 is 34.2 Å². The lowest BCUT2D eigenvalue weighted by atomic mass is 10.1. The number of esters is 1. The molecule has 8 heteroatoms. The van der Waals surface area contributed by atoms with Gasteiger partial charge in [0.2, 0.25) is 0 Å². The molecular formula is C25H18ClIN2O4. The van der Waals surface area contributed by atoms with Gasteiger partial charge in [0.1, 0.15) is 16.5 Å². The van der Waals surface area contributed by atoms with Crippen LogP contribution in [-0.4, -0.2) is 17.8 Å². The van der Waals surface area contributed by atoms with Crippen LogP contribution in [0.4, 0.5) is 11.4 Å². The minimum atomic E-state index is -0.592. The highest BCUT2D eigenvalue weighted by Gasteiger charge is 2.38. The van der Waals surface area contributed by atoms with Crippen LogP contribution in [0.15, 0.2) is 83.5 Å². The number of benzene rings is 3. The van der Waals surface area contributed by atoms with Crippen molar-refractivity contribution in [3.8, 4) is 5.75 Å². The van der Waals surface area contributed by atoms with E-state index < -0.39 is 17.8 Å². The lowest BCUT2D eigenvalue weighted by molar-refractivity contribution is -0.120. The molecule has 4 rings (SSSR count). The fraction of sp³-hybridized carbons (Fsp3) is 0.0800. The molecule has 0 spiro atoms. The molecule has 1 N–H and O–H groups in total. The van der Waals surface area contributed by atoms with Crippen molar-refractivity contribution in [1.29, 1.82) is 0 Å². The van der Waals surface area contributed by atoms with Crippen LogP contribution in [0.2, 0.25) is 0 Å². The number of amides is 2. The van der Waals surface area contributed by atoms with Crippen LogP contribution in [0.5, 0.6) is 5.75 Å². The zero-order chi connectivity index (χ0) is 23.5. The molecule has 2 amide bonds. The fourth-order valence-electron chi connectivity index (χ4n) is 3.23. The molecule has 3 aromatic carbocycles. The van der Waals surface area contributed by atoms with Gasteiger partial charge in [-0.3, -0.25) is 9.59 Å². The highest BCUT2D eigenvalue weighted by molar-refractivity contribution is 14.1. The maximum atomic E-state index is 12.9. The number of hydrogen-bond acceptors (Lipinski definition) is 5. The standard InChI is InChI=1S/C25H18ClIN2O4/c1-2-15-3-11-19(12-4-15)29-23(30)21(26)22(24(29)31)28-18-9-5-16(6-10-18)25(32)33-20-13-7-17(27)8-14-20/h3-14,28H,2H2,1H3. The van der Waals surface area contributed by atoms with Crippen molar-refractivity contribution >= 4 is 63.4 Å². The van der Waals surface area contributed by atoms with Crippen molar-refractivity contribution in [2.24, 2.45) is 0 Å². The minimum absolute atomic E-state index is 0.0181. The summed E-state index contributed by atoms with van der Waals surface area (Å²) < 4.78 is 6.39. The number of nitrogens with zero attached hydrogens (tertiary/aromatic N) is 1. The second-order valence-electron chi connectivity index (χ2n) is 7.20. The van der Waals surface area contributed by atoms with E-state index in [2.05, 4.69) is 27.9 Å². The predicted molar refractivity (Wildman–Crippen MR) is 135 cm³/mol. The van der Waals surface area contributed by atoms with Gasteiger partial charge in [-0.2, -0.15) is 0 Å². The number of carbonyl (C=O) groups excluding carboxylic acids is 3. The third-order valence-corrected chi connectivity index (χ3v) is 6.11. The highest BCUT2D eigenvalue weighted by Crippen LogP contribution is 2.30. The van der Waals surface area contributed by atoms with Crippen LogP contribution < -0.4 is 15.0 Å². The summed E-state index contributed by atoms with van der Waals surface area (Å²) in [7, 11) is 0. The number of aryl methyl sites for hydroxylation is 1. The van der Waals surface area contributed by atoms with Crippen molar-refractivity contribution in [2.45, 2.75) is 13.3 Å². The molecule has 166 valence electrons. The lowest BCUT2D eigenvalue weighted by Crippen LogP contribution is -2.32. The summed E-state index contributed by atoms with van der Waals surface area (Å²) in [5.74, 6) is -1.20. The Labute approximate surface area is 209 Å². The average Bonchev–Trinajstić information content (AvgIpc) is 3.04. The van der Waals surface area contributed by atoms with E-state index in [1.165, 1.54) is 0 Å². The Bertz CT molecular complexity index is 1250. The third kappa shape index (κ3) is 4.94. The molecule has 0 saturated carbocycles. The first-order chi connectivity index (χ1) is 15.9. The molecule has 6 nitrogen and oxygen atoms in total. The third-order valence-electron chi connectivity index (χ3n) is 5.04. The first kappa shape index (κ1) is 23.0. The van der Waals surface area contributed by atoms with E-state index in [1.807, 2.05) is 31.2 Å². The van der Waals surface area contributed by atoms with Gasteiger partial charge in [0.25, 0.3) is 11.8 Å². The summed E-state index contributed by atoms with van der Waals surface area (Å²) in [5, 5.41) is 2.71. The van der Waals surface area contributed by atoms with Gasteiger partial charge in [-0.15, -0.1) is 0 Å². The molecule has 1 aliphatic rings. The summed E-state index contributed by atoms with van der Waals surface area (Å²) >= 11 is 8.36. The molecule has 3 aromatic rings.